The molecule has 0 spiro atoms. The molecule has 0 saturated heterocycles. The van der Waals surface area contributed by atoms with Gasteiger partial charge in [0.1, 0.15) is 0 Å². The first kappa shape index (κ1) is 14.2. The molecule has 0 aliphatic rings. The van der Waals surface area contributed by atoms with E-state index in [0.29, 0.717) is 6.54 Å². The Morgan fingerprint density at radius 2 is 1.87 bits per heavy atom. The third-order valence-corrected chi connectivity index (χ3v) is 2.47. The van der Waals surface area contributed by atoms with Gasteiger partial charge in [-0.2, -0.15) is 0 Å². The number of hydrogen-bond acceptors (Lipinski definition) is 2. The Morgan fingerprint density at radius 1 is 1.33 bits per heavy atom. The van der Waals surface area contributed by atoms with Gasteiger partial charge in [0.25, 0.3) is 0 Å². The van der Waals surface area contributed by atoms with Crippen LogP contribution in [0.1, 0.15) is 27.7 Å². The average molecular weight is 212 g/mol. The molecule has 3 heteroatoms. The molecule has 1 amide bonds. The van der Waals surface area contributed by atoms with Crippen LogP contribution in [-0.4, -0.2) is 48.4 Å². The van der Waals surface area contributed by atoms with Crippen LogP contribution in [0.15, 0.2) is 12.2 Å². The number of amides is 1. The summed E-state index contributed by atoms with van der Waals surface area (Å²) in [4.78, 5) is 15.7. The quantitative estimate of drug-likeness (QED) is 0.626. The minimum absolute atomic E-state index is 0.174. The molecule has 0 aromatic rings. The average Bonchev–Trinajstić information content (AvgIpc) is 2.14. The number of hydrogen-bond donors (Lipinski definition) is 0. The molecule has 0 unspecified atom stereocenters. The first-order valence-electron chi connectivity index (χ1n) is 5.50. The summed E-state index contributed by atoms with van der Waals surface area (Å²) >= 11 is 0. The number of carbonyl (C=O) groups excluding carboxylic acids is 1. The number of rotatable bonds is 6. The molecule has 88 valence electrons. The Morgan fingerprint density at radius 3 is 2.20 bits per heavy atom. The molecule has 0 aliphatic carbocycles. The summed E-state index contributed by atoms with van der Waals surface area (Å²) in [5.74, 6) is 0.174. The standard InChI is InChI=1S/C12H24N2O/c1-7-14(8-10(2)3)9-12(15)13(6)11(4)5/h11H,2,7-9H2,1,3-6H3. The van der Waals surface area contributed by atoms with Crippen molar-refractivity contribution in [1.29, 1.82) is 0 Å². The monoisotopic (exact) mass is 212 g/mol. The lowest BCUT2D eigenvalue weighted by Gasteiger charge is -2.26. The Kier molecular flexibility index (Phi) is 6.25. The molecule has 0 aromatic carbocycles. The molecule has 0 bridgehead atoms. The summed E-state index contributed by atoms with van der Waals surface area (Å²) in [6.07, 6.45) is 0. The zero-order chi connectivity index (χ0) is 12.0. The third-order valence-electron chi connectivity index (χ3n) is 2.47. The summed E-state index contributed by atoms with van der Waals surface area (Å²) in [6.45, 7) is 14.1. The van der Waals surface area contributed by atoms with Crippen LogP contribution < -0.4 is 0 Å². The fourth-order valence-corrected chi connectivity index (χ4v) is 1.25. The molecule has 0 aromatic heterocycles. The van der Waals surface area contributed by atoms with Crippen molar-refractivity contribution in [2.45, 2.75) is 33.7 Å². The predicted octanol–water partition coefficient (Wildman–Crippen LogP) is 1.75. The summed E-state index contributed by atoms with van der Waals surface area (Å²) in [5, 5.41) is 0. The minimum atomic E-state index is 0.174. The van der Waals surface area contributed by atoms with Crippen molar-refractivity contribution in [3.8, 4) is 0 Å². The van der Waals surface area contributed by atoms with Crippen LogP contribution in [0.4, 0.5) is 0 Å². The lowest BCUT2D eigenvalue weighted by atomic mass is 10.3. The van der Waals surface area contributed by atoms with Crippen molar-refractivity contribution in [1.82, 2.24) is 9.80 Å². The van der Waals surface area contributed by atoms with E-state index in [0.717, 1.165) is 18.7 Å². The maximum absolute atomic E-state index is 11.8. The van der Waals surface area contributed by atoms with Gasteiger partial charge in [-0.05, 0) is 27.3 Å². The summed E-state index contributed by atoms with van der Waals surface area (Å²) in [7, 11) is 1.85. The van der Waals surface area contributed by atoms with Crippen LogP contribution in [0.25, 0.3) is 0 Å². The van der Waals surface area contributed by atoms with E-state index in [1.165, 1.54) is 0 Å². The van der Waals surface area contributed by atoms with Crippen molar-refractivity contribution in [3.63, 3.8) is 0 Å². The molecule has 15 heavy (non-hydrogen) atoms. The van der Waals surface area contributed by atoms with Gasteiger partial charge in [-0.3, -0.25) is 9.69 Å². The highest BCUT2D eigenvalue weighted by molar-refractivity contribution is 5.78. The highest BCUT2D eigenvalue weighted by atomic mass is 16.2. The maximum atomic E-state index is 11.8. The van der Waals surface area contributed by atoms with Crippen LogP contribution >= 0.6 is 0 Å². The van der Waals surface area contributed by atoms with Crippen LogP contribution in [0.2, 0.25) is 0 Å². The van der Waals surface area contributed by atoms with Crippen LogP contribution in [-0.2, 0) is 4.79 Å². The largest absolute Gasteiger partial charge is 0.342 e. The topological polar surface area (TPSA) is 23.6 Å². The van der Waals surface area contributed by atoms with Crippen LogP contribution in [0.3, 0.4) is 0 Å². The molecule has 0 radical (unpaired) electrons. The van der Waals surface area contributed by atoms with E-state index in [2.05, 4.69) is 18.4 Å². The molecule has 0 N–H and O–H groups in total. The molecule has 0 heterocycles. The molecule has 3 nitrogen and oxygen atoms in total. The molecular weight excluding hydrogens is 188 g/mol. The van der Waals surface area contributed by atoms with Crippen LogP contribution in [0.5, 0.6) is 0 Å². The van der Waals surface area contributed by atoms with Gasteiger partial charge in [0, 0.05) is 19.6 Å². The Balaban J connectivity index is 4.18. The SMILES string of the molecule is C=C(C)CN(CC)CC(=O)N(C)C(C)C. The number of likely N-dealkylation sites (N-methyl/N-ethyl adjacent to an activating group) is 2. The van der Waals surface area contributed by atoms with E-state index in [9.17, 15) is 4.79 Å². The van der Waals surface area contributed by atoms with E-state index < -0.39 is 0 Å². The Labute approximate surface area is 93.7 Å². The van der Waals surface area contributed by atoms with E-state index >= 15 is 0 Å². The lowest BCUT2D eigenvalue weighted by molar-refractivity contribution is -0.132. The van der Waals surface area contributed by atoms with Gasteiger partial charge in [-0.1, -0.05) is 19.1 Å². The van der Waals surface area contributed by atoms with Gasteiger partial charge >= 0.3 is 0 Å². The molecule has 0 fully saturated rings. The van der Waals surface area contributed by atoms with Gasteiger partial charge in [0.15, 0.2) is 0 Å². The normalized spacial score (nSPS) is 10.9. The van der Waals surface area contributed by atoms with E-state index in [1.54, 1.807) is 4.90 Å². The Bertz CT molecular complexity index is 224. The maximum Gasteiger partial charge on any atom is 0.236 e. The van der Waals surface area contributed by atoms with Crippen molar-refractivity contribution < 1.29 is 4.79 Å². The molecular formula is C12H24N2O. The first-order chi connectivity index (χ1) is 6.88. The zero-order valence-corrected chi connectivity index (χ0v) is 10.7. The highest BCUT2D eigenvalue weighted by Crippen LogP contribution is 2.00. The predicted molar refractivity (Wildman–Crippen MR) is 64.8 cm³/mol. The van der Waals surface area contributed by atoms with Gasteiger partial charge in [0.2, 0.25) is 5.91 Å². The second kappa shape index (κ2) is 6.62. The van der Waals surface area contributed by atoms with Crippen molar-refractivity contribution in [3.05, 3.63) is 12.2 Å². The van der Waals surface area contributed by atoms with Crippen molar-refractivity contribution >= 4 is 5.91 Å². The van der Waals surface area contributed by atoms with Crippen LogP contribution in [0, 0.1) is 0 Å². The lowest BCUT2D eigenvalue weighted by Crippen LogP contribution is -2.41. The molecule has 0 atom stereocenters. The van der Waals surface area contributed by atoms with E-state index in [-0.39, 0.29) is 11.9 Å². The molecule has 0 saturated carbocycles. The summed E-state index contributed by atoms with van der Waals surface area (Å²) in [6, 6.07) is 0.265. The van der Waals surface area contributed by atoms with E-state index in [4.69, 9.17) is 0 Å². The third kappa shape index (κ3) is 5.57. The minimum Gasteiger partial charge on any atom is -0.342 e. The molecule has 0 aliphatic heterocycles. The first-order valence-corrected chi connectivity index (χ1v) is 5.50. The van der Waals surface area contributed by atoms with Gasteiger partial charge in [-0.25, -0.2) is 0 Å². The van der Waals surface area contributed by atoms with Gasteiger partial charge in [-0.15, -0.1) is 0 Å². The fourth-order valence-electron chi connectivity index (χ4n) is 1.25. The Hall–Kier alpha value is -0.830. The number of carbonyl (C=O) groups is 1. The second-order valence-corrected chi connectivity index (χ2v) is 4.36. The number of nitrogens with zero attached hydrogens (tertiary/aromatic N) is 2. The van der Waals surface area contributed by atoms with Crippen molar-refractivity contribution in [2.75, 3.05) is 26.7 Å². The zero-order valence-electron chi connectivity index (χ0n) is 10.7. The van der Waals surface area contributed by atoms with Crippen molar-refractivity contribution in [2.24, 2.45) is 0 Å². The molecule has 0 rings (SSSR count). The fraction of sp³-hybridized carbons (Fsp3) is 0.750. The summed E-state index contributed by atoms with van der Waals surface area (Å²) < 4.78 is 0. The van der Waals surface area contributed by atoms with E-state index in [1.807, 2.05) is 27.8 Å². The van der Waals surface area contributed by atoms with Gasteiger partial charge < -0.3 is 4.90 Å². The summed E-state index contributed by atoms with van der Waals surface area (Å²) in [5.41, 5.74) is 1.09. The van der Waals surface area contributed by atoms with Gasteiger partial charge in [0.05, 0.1) is 6.54 Å². The smallest absolute Gasteiger partial charge is 0.236 e. The second-order valence-electron chi connectivity index (χ2n) is 4.36. The highest BCUT2D eigenvalue weighted by Gasteiger charge is 2.15.